The van der Waals surface area contributed by atoms with E-state index in [0.29, 0.717) is 5.02 Å². The van der Waals surface area contributed by atoms with Crippen molar-refractivity contribution in [1.29, 1.82) is 0 Å². The summed E-state index contributed by atoms with van der Waals surface area (Å²) in [6.07, 6.45) is 0.902. The molecule has 1 atom stereocenters. The largest absolute Gasteiger partial charge is 0.331 e. The molecule has 0 bridgehead atoms. The Bertz CT molecular complexity index is 688. The lowest BCUT2D eigenvalue weighted by atomic mass is 10.0. The minimum atomic E-state index is -0.188. The molecular weight excluding hydrogens is 316 g/mol. The van der Waals surface area contributed by atoms with Crippen LogP contribution in [0.5, 0.6) is 0 Å². The first-order chi connectivity index (χ1) is 10.6. The molecule has 2 aromatic carbocycles. The number of hydrogen-bond acceptors (Lipinski definition) is 2. The molecule has 22 heavy (non-hydrogen) atoms. The number of thioether (sulfide) groups is 1. The SMILES string of the molecule is Cc1ccc(NC(=O)NC2CCSc3ccc(Cl)cc32)cc1. The van der Waals surface area contributed by atoms with Crippen LogP contribution < -0.4 is 10.6 Å². The standard InChI is InChI=1S/C17H17ClN2OS/c1-11-2-5-13(6-3-11)19-17(21)20-15-8-9-22-16-7-4-12(18)10-14(15)16/h2-7,10,15H,8-9H2,1H3,(H2,19,20,21). The summed E-state index contributed by atoms with van der Waals surface area (Å²) in [5.74, 6) is 0.990. The first kappa shape index (κ1) is 15.3. The number of halogens is 1. The third-order valence-electron chi connectivity index (χ3n) is 3.63. The summed E-state index contributed by atoms with van der Waals surface area (Å²) in [4.78, 5) is 13.4. The van der Waals surface area contributed by atoms with Crippen LogP contribution in [0.15, 0.2) is 47.4 Å². The molecule has 0 saturated heterocycles. The Morgan fingerprint density at radius 3 is 2.77 bits per heavy atom. The molecule has 1 heterocycles. The number of urea groups is 1. The van der Waals surface area contributed by atoms with Gasteiger partial charge in [0.15, 0.2) is 0 Å². The quantitative estimate of drug-likeness (QED) is 0.811. The molecule has 3 nitrogen and oxygen atoms in total. The Morgan fingerprint density at radius 2 is 2.00 bits per heavy atom. The summed E-state index contributed by atoms with van der Waals surface area (Å²) in [5.41, 5.74) is 3.06. The van der Waals surface area contributed by atoms with Crippen LogP contribution >= 0.6 is 23.4 Å². The molecule has 0 spiro atoms. The molecule has 5 heteroatoms. The molecule has 0 fully saturated rings. The summed E-state index contributed by atoms with van der Waals surface area (Å²) >= 11 is 7.89. The molecule has 1 unspecified atom stereocenters. The number of hydrogen-bond donors (Lipinski definition) is 2. The number of rotatable bonds is 2. The fourth-order valence-corrected chi connectivity index (χ4v) is 3.76. The number of anilines is 1. The number of carbonyl (C=O) groups is 1. The van der Waals surface area contributed by atoms with Crippen molar-refractivity contribution >= 4 is 35.1 Å². The van der Waals surface area contributed by atoms with Crippen LogP contribution in [0.4, 0.5) is 10.5 Å². The lowest BCUT2D eigenvalue weighted by Gasteiger charge is -2.26. The van der Waals surface area contributed by atoms with Crippen molar-refractivity contribution in [2.45, 2.75) is 24.3 Å². The molecule has 0 aromatic heterocycles. The van der Waals surface area contributed by atoms with Gasteiger partial charge in [-0.1, -0.05) is 29.3 Å². The van der Waals surface area contributed by atoms with Gasteiger partial charge in [0.25, 0.3) is 0 Å². The Kier molecular flexibility index (Phi) is 4.60. The molecule has 0 saturated carbocycles. The van der Waals surface area contributed by atoms with Gasteiger partial charge >= 0.3 is 6.03 Å². The molecule has 114 valence electrons. The number of amides is 2. The molecule has 2 amide bonds. The summed E-state index contributed by atoms with van der Waals surface area (Å²) < 4.78 is 0. The lowest BCUT2D eigenvalue weighted by Crippen LogP contribution is -2.34. The predicted octanol–water partition coefficient (Wildman–Crippen LogP) is 5.01. The van der Waals surface area contributed by atoms with Gasteiger partial charge in [-0.2, -0.15) is 0 Å². The van der Waals surface area contributed by atoms with E-state index in [-0.39, 0.29) is 12.1 Å². The van der Waals surface area contributed by atoms with E-state index < -0.39 is 0 Å². The van der Waals surface area contributed by atoms with Crippen LogP contribution in [0, 0.1) is 6.92 Å². The first-order valence-corrected chi connectivity index (χ1v) is 8.54. The molecule has 2 N–H and O–H groups in total. The van der Waals surface area contributed by atoms with Gasteiger partial charge in [-0.3, -0.25) is 0 Å². The summed E-state index contributed by atoms with van der Waals surface area (Å²) in [6, 6.07) is 13.4. The van der Waals surface area contributed by atoms with Gasteiger partial charge in [0, 0.05) is 21.4 Å². The van der Waals surface area contributed by atoms with E-state index >= 15 is 0 Å². The third kappa shape index (κ3) is 3.57. The molecule has 0 radical (unpaired) electrons. The maximum atomic E-state index is 12.2. The fraction of sp³-hybridized carbons (Fsp3) is 0.235. The van der Waals surface area contributed by atoms with Crippen LogP contribution in [0.1, 0.15) is 23.6 Å². The van der Waals surface area contributed by atoms with E-state index in [9.17, 15) is 4.79 Å². The van der Waals surface area contributed by atoms with Gasteiger partial charge in [0.1, 0.15) is 0 Å². The average molecular weight is 333 g/mol. The third-order valence-corrected chi connectivity index (χ3v) is 4.98. The van der Waals surface area contributed by atoms with Gasteiger partial charge < -0.3 is 10.6 Å². The van der Waals surface area contributed by atoms with Gasteiger partial charge in [-0.15, -0.1) is 11.8 Å². The van der Waals surface area contributed by atoms with Crippen LogP contribution in [0.2, 0.25) is 5.02 Å². The molecule has 3 rings (SSSR count). The second kappa shape index (κ2) is 6.63. The van der Waals surface area contributed by atoms with Crippen molar-refractivity contribution in [1.82, 2.24) is 5.32 Å². The Labute approximate surface area is 139 Å². The normalized spacial score (nSPS) is 16.7. The highest BCUT2D eigenvalue weighted by Gasteiger charge is 2.22. The van der Waals surface area contributed by atoms with E-state index in [0.717, 1.165) is 23.4 Å². The topological polar surface area (TPSA) is 41.1 Å². The smallest absolute Gasteiger partial charge is 0.319 e. The zero-order chi connectivity index (χ0) is 15.5. The zero-order valence-corrected chi connectivity index (χ0v) is 13.8. The summed E-state index contributed by atoms with van der Waals surface area (Å²) in [6.45, 7) is 2.02. The second-order valence-corrected chi connectivity index (χ2v) is 6.91. The first-order valence-electron chi connectivity index (χ1n) is 7.18. The van der Waals surface area contributed by atoms with Crippen molar-refractivity contribution in [3.05, 3.63) is 58.6 Å². The number of nitrogens with one attached hydrogen (secondary N) is 2. The van der Waals surface area contributed by atoms with Gasteiger partial charge in [0.05, 0.1) is 6.04 Å². The Hall–Kier alpha value is -1.65. The van der Waals surface area contributed by atoms with Crippen molar-refractivity contribution in [3.8, 4) is 0 Å². The maximum Gasteiger partial charge on any atom is 0.319 e. The minimum Gasteiger partial charge on any atom is -0.331 e. The van der Waals surface area contributed by atoms with Gasteiger partial charge in [-0.05, 0) is 49.2 Å². The molecule has 0 aliphatic carbocycles. The van der Waals surface area contributed by atoms with E-state index in [2.05, 4.69) is 10.6 Å². The number of aryl methyl sites for hydroxylation is 1. The highest BCUT2D eigenvalue weighted by molar-refractivity contribution is 7.99. The number of benzene rings is 2. The predicted molar refractivity (Wildman–Crippen MR) is 92.9 cm³/mol. The van der Waals surface area contributed by atoms with Crippen molar-refractivity contribution in [2.24, 2.45) is 0 Å². The van der Waals surface area contributed by atoms with E-state index in [1.807, 2.05) is 49.4 Å². The Morgan fingerprint density at radius 1 is 1.23 bits per heavy atom. The second-order valence-electron chi connectivity index (χ2n) is 5.34. The van der Waals surface area contributed by atoms with Crippen LogP contribution in [-0.2, 0) is 0 Å². The van der Waals surface area contributed by atoms with Crippen LogP contribution in [0.25, 0.3) is 0 Å². The highest BCUT2D eigenvalue weighted by Crippen LogP contribution is 2.37. The molecule has 1 aliphatic heterocycles. The van der Waals surface area contributed by atoms with E-state index in [1.54, 1.807) is 11.8 Å². The van der Waals surface area contributed by atoms with Crippen LogP contribution in [0.3, 0.4) is 0 Å². The van der Waals surface area contributed by atoms with Gasteiger partial charge in [-0.25, -0.2) is 4.79 Å². The van der Waals surface area contributed by atoms with Gasteiger partial charge in [0.2, 0.25) is 0 Å². The van der Waals surface area contributed by atoms with Crippen molar-refractivity contribution in [2.75, 3.05) is 11.1 Å². The zero-order valence-electron chi connectivity index (χ0n) is 12.2. The summed E-state index contributed by atoms with van der Waals surface area (Å²) in [5, 5.41) is 6.62. The fourth-order valence-electron chi connectivity index (χ4n) is 2.48. The molecule has 1 aliphatic rings. The summed E-state index contributed by atoms with van der Waals surface area (Å²) in [7, 11) is 0. The number of fused-ring (bicyclic) bond motifs is 1. The lowest BCUT2D eigenvalue weighted by molar-refractivity contribution is 0.248. The number of carbonyl (C=O) groups excluding carboxylic acids is 1. The van der Waals surface area contributed by atoms with Crippen molar-refractivity contribution < 1.29 is 4.79 Å². The highest BCUT2D eigenvalue weighted by atomic mass is 35.5. The van der Waals surface area contributed by atoms with Crippen molar-refractivity contribution in [3.63, 3.8) is 0 Å². The Balaban J connectivity index is 1.70. The maximum absolute atomic E-state index is 12.2. The van der Waals surface area contributed by atoms with Crippen LogP contribution in [-0.4, -0.2) is 11.8 Å². The molecule has 2 aromatic rings. The minimum absolute atomic E-state index is 0.000369. The average Bonchev–Trinajstić information content (AvgIpc) is 2.50. The monoisotopic (exact) mass is 332 g/mol. The molecular formula is C17H17ClN2OS. The van der Waals surface area contributed by atoms with E-state index in [4.69, 9.17) is 11.6 Å². The van der Waals surface area contributed by atoms with E-state index in [1.165, 1.54) is 10.5 Å².